The number of amidine groups is 1. The van der Waals surface area contributed by atoms with Gasteiger partial charge in [-0.25, -0.2) is 0 Å². The van der Waals surface area contributed by atoms with Gasteiger partial charge in [-0.05, 0) is 49.8 Å². The minimum absolute atomic E-state index is 0.0292. The quantitative estimate of drug-likeness (QED) is 0.749. The zero-order valence-corrected chi connectivity index (χ0v) is 15.7. The molecule has 2 aliphatic heterocycles. The molecule has 142 valence electrons. The summed E-state index contributed by atoms with van der Waals surface area (Å²) in [5, 5.41) is 0. The second-order valence-electron chi connectivity index (χ2n) is 7.16. The molecule has 0 N–H and O–H groups in total. The molecule has 0 spiro atoms. The Bertz CT molecular complexity index is 784. The Labute approximate surface area is 159 Å². The molecule has 3 aliphatic rings. The summed E-state index contributed by atoms with van der Waals surface area (Å²) in [6, 6.07) is 8.45. The lowest BCUT2D eigenvalue weighted by molar-refractivity contribution is -0.155. The fourth-order valence-corrected chi connectivity index (χ4v) is 4.21. The minimum atomic E-state index is -0.0745. The van der Waals surface area contributed by atoms with Crippen molar-refractivity contribution < 1.29 is 14.3 Å². The van der Waals surface area contributed by atoms with E-state index >= 15 is 0 Å². The van der Waals surface area contributed by atoms with Gasteiger partial charge in [-0.1, -0.05) is 12.1 Å². The lowest BCUT2D eigenvalue weighted by Gasteiger charge is -2.44. The number of aliphatic imine (C=N–C) groups is 2. The summed E-state index contributed by atoms with van der Waals surface area (Å²) in [7, 11) is 1.67. The molecule has 0 bridgehead atoms. The molecule has 1 aromatic rings. The van der Waals surface area contributed by atoms with E-state index < -0.39 is 0 Å². The molecule has 4 rings (SSSR count). The molecular weight excluding hydrogens is 342 g/mol. The van der Waals surface area contributed by atoms with Gasteiger partial charge in [0.25, 0.3) is 0 Å². The van der Waals surface area contributed by atoms with Crippen LogP contribution in [0.1, 0.15) is 37.8 Å². The zero-order chi connectivity index (χ0) is 18.8. The molecular formula is C21H25N3O3. The predicted octanol–water partition coefficient (Wildman–Crippen LogP) is 3.35. The van der Waals surface area contributed by atoms with Gasteiger partial charge >= 0.3 is 5.97 Å². The Morgan fingerprint density at radius 2 is 2.07 bits per heavy atom. The summed E-state index contributed by atoms with van der Waals surface area (Å²) >= 11 is 0. The molecule has 1 saturated carbocycles. The van der Waals surface area contributed by atoms with Crippen LogP contribution >= 0.6 is 0 Å². The Hall–Kier alpha value is -2.63. The molecule has 0 radical (unpaired) electrons. The van der Waals surface area contributed by atoms with Crippen molar-refractivity contribution >= 4 is 18.0 Å². The van der Waals surface area contributed by atoms with Crippen molar-refractivity contribution in [1.29, 1.82) is 0 Å². The van der Waals surface area contributed by atoms with Crippen LogP contribution in [-0.4, -0.2) is 42.7 Å². The highest BCUT2D eigenvalue weighted by molar-refractivity contribution is 6.30. The van der Waals surface area contributed by atoms with E-state index in [1.165, 1.54) is 5.56 Å². The number of carbonyl (C=O) groups excluding carboxylic acids is 1. The lowest BCUT2D eigenvalue weighted by atomic mass is 9.68. The molecule has 6 nitrogen and oxygen atoms in total. The monoisotopic (exact) mass is 367 g/mol. The van der Waals surface area contributed by atoms with Gasteiger partial charge in [0.15, 0.2) is 0 Å². The van der Waals surface area contributed by atoms with Crippen molar-refractivity contribution in [3.63, 3.8) is 0 Å². The summed E-state index contributed by atoms with van der Waals surface area (Å²) in [5.74, 6) is 1.85. The third-order valence-electron chi connectivity index (χ3n) is 5.78. The molecule has 6 heteroatoms. The SMILES string of the molecule is CCOC(=O)C1CCC1C1CC(c2ccc(OC)cc2)N2C=CN=CC2=N1. The van der Waals surface area contributed by atoms with Crippen LogP contribution in [0.15, 0.2) is 46.7 Å². The first-order valence-corrected chi connectivity index (χ1v) is 9.57. The molecule has 0 saturated heterocycles. The van der Waals surface area contributed by atoms with Gasteiger partial charge in [0.05, 0.1) is 37.9 Å². The topological polar surface area (TPSA) is 63.5 Å². The molecule has 1 aliphatic carbocycles. The van der Waals surface area contributed by atoms with E-state index in [2.05, 4.69) is 22.0 Å². The highest BCUT2D eigenvalue weighted by Crippen LogP contribution is 2.44. The molecule has 1 aromatic carbocycles. The first kappa shape index (κ1) is 17.8. The average molecular weight is 367 g/mol. The van der Waals surface area contributed by atoms with Crippen molar-refractivity contribution in [3.8, 4) is 5.75 Å². The number of esters is 1. The van der Waals surface area contributed by atoms with Crippen molar-refractivity contribution in [2.24, 2.45) is 21.8 Å². The summed E-state index contributed by atoms with van der Waals surface area (Å²) in [5.41, 5.74) is 1.21. The number of methoxy groups -OCH3 is 1. The van der Waals surface area contributed by atoms with Gasteiger partial charge in [-0.3, -0.25) is 14.8 Å². The maximum Gasteiger partial charge on any atom is 0.309 e. The standard InChI is InChI=1S/C21H25N3O3/c1-3-27-21(25)17-9-8-16(17)18-12-19(14-4-6-15(26-2)7-5-14)24-11-10-22-13-20(24)23-18/h4-7,10-11,13,16-19H,3,8-9,12H2,1-2H3. The smallest absolute Gasteiger partial charge is 0.309 e. The van der Waals surface area contributed by atoms with E-state index in [1.807, 2.05) is 25.3 Å². The Balaban J connectivity index is 1.60. The van der Waals surface area contributed by atoms with Crippen LogP contribution in [-0.2, 0) is 9.53 Å². The minimum Gasteiger partial charge on any atom is -0.497 e. The van der Waals surface area contributed by atoms with Crippen molar-refractivity contribution in [2.45, 2.75) is 38.3 Å². The molecule has 4 atom stereocenters. The van der Waals surface area contributed by atoms with Crippen molar-refractivity contribution in [2.75, 3.05) is 13.7 Å². The number of carbonyl (C=O) groups is 1. The zero-order valence-electron chi connectivity index (χ0n) is 15.7. The van der Waals surface area contributed by atoms with E-state index in [4.69, 9.17) is 14.5 Å². The number of fused-ring (bicyclic) bond motifs is 1. The highest BCUT2D eigenvalue weighted by atomic mass is 16.5. The van der Waals surface area contributed by atoms with E-state index in [0.717, 1.165) is 30.8 Å². The maximum atomic E-state index is 12.3. The first-order valence-electron chi connectivity index (χ1n) is 9.57. The van der Waals surface area contributed by atoms with Crippen LogP contribution in [0.2, 0.25) is 0 Å². The first-order chi connectivity index (χ1) is 13.2. The third-order valence-corrected chi connectivity index (χ3v) is 5.78. The van der Waals surface area contributed by atoms with Crippen LogP contribution < -0.4 is 4.74 Å². The normalized spacial score (nSPS) is 28.8. The van der Waals surface area contributed by atoms with Gasteiger partial charge < -0.3 is 14.4 Å². The van der Waals surface area contributed by atoms with E-state index in [9.17, 15) is 4.79 Å². The van der Waals surface area contributed by atoms with Gasteiger partial charge in [0.1, 0.15) is 11.6 Å². The van der Waals surface area contributed by atoms with Crippen LogP contribution in [0.4, 0.5) is 0 Å². The number of benzene rings is 1. The maximum absolute atomic E-state index is 12.3. The van der Waals surface area contributed by atoms with Crippen LogP contribution in [0.3, 0.4) is 0 Å². The van der Waals surface area contributed by atoms with E-state index in [0.29, 0.717) is 6.61 Å². The van der Waals surface area contributed by atoms with Crippen LogP contribution in [0.25, 0.3) is 0 Å². The van der Waals surface area contributed by atoms with Crippen LogP contribution in [0.5, 0.6) is 5.75 Å². The lowest BCUT2D eigenvalue weighted by Crippen LogP contribution is -2.47. The molecule has 2 heterocycles. The summed E-state index contributed by atoms with van der Waals surface area (Å²) in [6.45, 7) is 2.29. The fourth-order valence-electron chi connectivity index (χ4n) is 4.21. The summed E-state index contributed by atoms with van der Waals surface area (Å²) in [6.07, 6.45) is 8.37. The van der Waals surface area contributed by atoms with Crippen LogP contribution in [0, 0.1) is 11.8 Å². The molecule has 0 aromatic heterocycles. The van der Waals surface area contributed by atoms with E-state index in [1.54, 1.807) is 19.5 Å². The van der Waals surface area contributed by atoms with E-state index in [-0.39, 0.29) is 29.9 Å². The predicted molar refractivity (Wildman–Crippen MR) is 104 cm³/mol. The van der Waals surface area contributed by atoms with Gasteiger partial charge in [-0.2, -0.15) is 0 Å². The largest absolute Gasteiger partial charge is 0.497 e. The fraction of sp³-hybridized carbons (Fsp3) is 0.476. The van der Waals surface area contributed by atoms with Crippen molar-refractivity contribution in [3.05, 3.63) is 42.2 Å². The number of rotatable bonds is 5. The van der Waals surface area contributed by atoms with Crippen molar-refractivity contribution in [1.82, 2.24) is 4.90 Å². The second kappa shape index (κ2) is 7.55. The number of hydrogen-bond donors (Lipinski definition) is 0. The number of nitrogens with zero attached hydrogens (tertiary/aromatic N) is 3. The number of ether oxygens (including phenoxy) is 2. The third kappa shape index (κ3) is 3.36. The Morgan fingerprint density at radius 1 is 1.26 bits per heavy atom. The van der Waals surface area contributed by atoms with Gasteiger partial charge in [0.2, 0.25) is 0 Å². The molecule has 0 amide bonds. The van der Waals surface area contributed by atoms with Gasteiger partial charge in [-0.15, -0.1) is 0 Å². The molecule has 1 fully saturated rings. The summed E-state index contributed by atoms with van der Waals surface area (Å²) in [4.78, 5) is 23.6. The average Bonchev–Trinajstić information content (AvgIpc) is 2.67. The van der Waals surface area contributed by atoms with Gasteiger partial charge in [0, 0.05) is 12.4 Å². The summed E-state index contributed by atoms with van der Waals surface area (Å²) < 4.78 is 10.5. The molecule has 4 unspecified atom stereocenters. The molecule has 27 heavy (non-hydrogen) atoms. The second-order valence-corrected chi connectivity index (χ2v) is 7.16. The Morgan fingerprint density at radius 3 is 2.74 bits per heavy atom. The number of hydrogen-bond acceptors (Lipinski definition) is 6. The Kier molecular flexibility index (Phi) is 4.97. The highest BCUT2D eigenvalue weighted by Gasteiger charge is 2.45.